The van der Waals surface area contributed by atoms with Gasteiger partial charge in [0.2, 0.25) is 5.91 Å². The normalized spacial score (nSPS) is 17.0. The van der Waals surface area contributed by atoms with Gasteiger partial charge in [-0.05, 0) is 41.5 Å². The number of nitrogens with zero attached hydrogens (tertiary/aromatic N) is 2. The molecule has 1 fully saturated rings. The number of carbonyl (C=O) groups is 2. The molecule has 1 atom stereocenters. The van der Waals surface area contributed by atoms with Gasteiger partial charge < -0.3 is 24.6 Å². The zero-order valence-corrected chi connectivity index (χ0v) is 17.7. The van der Waals surface area contributed by atoms with Crippen molar-refractivity contribution in [3.05, 3.63) is 53.6 Å². The van der Waals surface area contributed by atoms with Gasteiger partial charge in [0.05, 0.1) is 26.9 Å². The Balaban J connectivity index is 1.67. The quantitative estimate of drug-likeness (QED) is 0.452. The standard InChI is InChI=1S/C21H21N3O6S/c1-28-15-5-3-4-14(8-15)12-30-17-9-13(6-7-16(17)29-2)11-22-24-21-23-20(27)18(31-21)10-19(25)26/h3-9,11,18H,10,12H2,1-2H3,(H,25,26)(H,23,24,27). The topological polar surface area (TPSA) is 119 Å². The molecule has 0 radical (unpaired) electrons. The Kier molecular flexibility index (Phi) is 7.50. The van der Waals surface area contributed by atoms with E-state index in [9.17, 15) is 9.59 Å². The van der Waals surface area contributed by atoms with Crippen molar-refractivity contribution in [3.8, 4) is 17.2 Å². The minimum atomic E-state index is -1.04. The number of rotatable bonds is 9. The molecule has 2 aromatic carbocycles. The van der Waals surface area contributed by atoms with Gasteiger partial charge in [-0.2, -0.15) is 5.10 Å². The first-order valence-electron chi connectivity index (χ1n) is 9.22. The van der Waals surface area contributed by atoms with Crippen molar-refractivity contribution < 1.29 is 28.9 Å². The number of amidine groups is 1. The fraction of sp³-hybridized carbons (Fsp3) is 0.238. The van der Waals surface area contributed by atoms with E-state index in [1.54, 1.807) is 32.4 Å². The fourth-order valence-electron chi connectivity index (χ4n) is 2.70. The Labute approximate surface area is 183 Å². The maximum absolute atomic E-state index is 11.7. The summed E-state index contributed by atoms with van der Waals surface area (Å²) in [6, 6.07) is 12.9. The summed E-state index contributed by atoms with van der Waals surface area (Å²) in [6.45, 7) is 0.324. The summed E-state index contributed by atoms with van der Waals surface area (Å²) in [5, 5.41) is 18.8. The zero-order chi connectivity index (χ0) is 22.2. The van der Waals surface area contributed by atoms with E-state index in [1.165, 1.54) is 6.21 Å². The molecule has 1 unspecified atom stereocenters. The summed E-state index contributed by atoms with van der Waals surface area (Å²) in [7, 11) is 3.16. The van der Waals surface area contributed by atoms with Crippen LogP contribution in [0, 0.1) is 0 Å². The van der Waals surface area contributed by atoms with Crippen molar-refractivity contribution in [2.24, 2.45) is 10.2 Å². The first-order chi connectivity index (χ1) is 15.0. The van der Waals surface area contributed by atoms with Crippen molar-refractivity contribution in [2.45, 2.75) is 18.3 Å². The minimum Gasteiger partial charge on any atom is -0.497 e. The minimum absolute atomic E-state index is 0.260. The molecule has 2 aromatic rings. The highest BCUT2D eigenvalue weighted by molar-refractivity contribution is 8.15. The van der Waals surface area contributed by atoms with Crippen molar-refractivity contribution in [1.82, 2.24) is 5.32 Å². The number of benzene rings is 2. The SMILES string of the molecule is COc1cccc(COc2cc(C=NN=C3NC(=O)C(CC(=O)O)S3)ccc2OC)c1. The second-order valence-corrected chi connectivity index (χ2v) is 7.59. The van der Waals surface area contributed by atoms with Crippen LogP contribution >= 0.6 is 11.8 Å². The van der Waals surface area contributed by atoms with Crippen LogP contribution in [-0.4, -0.2) is 47.8 Å². The Hall–Kier alpha value is -3.53. The van der Waals surface area contributed by atoms with E-state index >= 15 is 0 Å². The maximum Gasteiger partial charge on any atom is 0.305 e. The fourth-order valence-corrected chi connectivity index (χ4v) is 3.62. The van der Waals surface area contributed by atoms with Crippen LogP contribution in [0.15, 0.2) is 52.7 Å². The molecular weight excluding hydrogens is 422 g/mol. The van der Waals surface area contributed by atoms with Crippen LogP contribution in [0.5, 0.6) is 17.2 Å². The molecule has 3 rings (SSSR count). The van der Waals surface area contributed by atoms with Crippen molar-refractivity contribution >= 4 is 35.0 Å². The zero-order valence-electron chi connectivity index (χ0n) is 16.9. The summed E-state index contributed by atoms with van der Waals surface area (Å²) < 4.78 is 16.5. The molecule has 1 heterocycles. The van der Waals surface area contributed by atoms with Crippen molar-refractivity contribution in [1.29, 1.82) is 0 Å². The third kappa shape index (κ3) is 6.22. The third-order valence-electron chi connectivity index (χ3n) is 4.21. The Morgan fingerprint density at radius 1 is 1.19 bits per heavy atom. The highest BCUT2D eigenvalue weighted by atomic mass is 32.2. The predicted molar refractivity (Wildman–Crippen MR) is 117 cm³/mol. The number of methoxy groups -OCH3 is 2. The molecule has 1 amide bonds. The molecule has 1 aliphatic heterocycles. The number of carboxylic acid groups (broad SMARTS) is 1. The molecule has 1 saturated heterocycles. The Morgan fingerprint density at radius 3 is 2.77 bits per heavy atom. The molecule has 0 spiro atoms. The monoisotopic (exact) mass is 443 g/mol. The number of nitrogens with one attached hydrogen (secondary N) is 1. The molecule has 162 valence electrons. The van der Waals surface area contributed by atoms with E-state index in [4.69, 9.17) is 19.3 Å². The van der Waals surface area contributed by atoms with Crippen molar-refractivity contribution in [2.75, 3.05) is 14.2 Å². The van der Waals surface area contributed by atoms with Gasteiger partial charge in [-0.15, -0.1) is 5.10 Å². The van der Waals surface area contributed by atoms with Gasteiger partial charge in [0.15, 0.2) is 16.7 Å². The maximum atomic E-state index is 11.7. The third-order valence-corrected chi connectivity index (χ3v) is 5.28. The van der Waals surface area contributed by atoms with Crippen molar-refractivity contribution in [3.63, 3.8) is 0 Å². The second kappa shape index (κ2) is 10.5. The lowest BCUT2D eigenvalue weighted by atomic mass is 10.2. The summed E-state index contributed by atoms with van der Waals surface area (Å²) in [5.74, 6) is 0.417. The Bertz CT molecular complexity index is 1020. The lowest BCUT2D eigenvalue weighted by Crippen LogP contribution is -2.26. The molecular formula is C21H21N3O6S. The van der Waals surface area contributed by atoms with E-state index in [0.29, 0.717) is 23.7 Å². The van der Waals surface area contributed by atoms with Gasteiger partial charge in [0, 0.05) is 0 Å². The van der Waals surface area contributed by atoms with E-state index in [0.717, 1.165) is 23.1 Å². The van der Waals surface area contributed by atoms with E-state index in [1.807, 2.05) is 24.3 Å². The largest absolute Gasteiger partial charge is 0.497 e. The number of ether oxygens (including phenoxy) is 3. The average molecular weight is 443 g/mol. The number of hydrogen-bond donors (Lipinski definition) is 2. The lowest BCUT2D eigenvalue weighted by Gasteiger charge is -2.12. The second-order valence-electron chi connectivity index (χ2n) is 6.39. The van der Waals surface area contributed by atoms with Gasteiger partial charge in [-0.25, -0.2) is 0 Å². The van der Waals surface area contributed by atoms with Crippen LogP contribution in [0.2, 0.25) is 0 Å². The number of amides is 1. The first-order valence-corrected chi connectivity index (χ1v) is 10.1. The predicted octanol–water partition coefficient (Wildman–Crippen LogP) is 2.68. The van der Waals surface area contributed by atoms with E-state index in [2.05, 4.69) is 15.5 Å². The number of carboxylic acids is 1. The number of hydrogen-bond acceptors (Lipinski definition) is 8. The molecule has 0 bridgehead atoms. The van der Waals surface area contributed by atoms with Crippen LogP contribution in [0.1, 0.15) is 17.5 Å². The summed E-state index contributed by atoms with van der Waals surface area (Å²) >= 11 is 1.04. The van der Waals surface area contributed by atoms with Crippen LogP contribution < -0.4 is 19.5 Å². The molecule has 31 heavy (non-hydrogen) atoms. The van der Waals surface area contributed by atoms with E-state index < -0.39 is 11.2 Å². The molecule has 0 saturated carbocycles. The molecule has 10 heteroatoms. The number of carbonyl (C=O) groups excluding carboxylic acids is 1. The highest BCUT2D eigenvalue weighted by Gasteiger charge is 2.32. The van der Waals surface area contributed by atoms with Crippen LogP contribution in [0.4, 0.5) is 0 Å². The first kappa shape index (κ1) is 22.2. The van der Waals surface area contributed by atoms with Crippen LogP contribution in [0.25, 0.3) is 0 Å². The highest BCUT2D eigenvalue weighted by Crippen LogP contribution is 2.29. The van der Waals surface area contributed by atoms with E-state index in [-0.39, 0.29) is 17.5 Å². The molecule has 1 aliphatic rings. The van der Waals surface area contributed by atoms with Gasteiger partial charge in [-0.1, -0.05) is 23.9 Å². The van der Waals surface area contributed by atoms with Gasteiger partial charge in [-0.3, -0.25) is 9.59 Å². The molecule has 9 nitrogen and oxygen atoms in total. The lowest BCUT2D eigenvalue weighted by molar-refractivity contribution is -0.138. The number of aliphatic carboxylic acids is 1. The smallest absolute Gasteiger partial charge is 0.305 e. The average Bonchev–Trinajstić information content (AvgIpc) is 3.10. The van der Waals surface area contributed by atoms with Gasteiger partial charge >= 0.3 is 5.97 Å². The number of thioether (sulfide) groups is 1. The molecule has 0 aliphatic carbocycles. The van der Waals surface area contributed by atoms with Gasteiger partial charge in [0.25, 0.3) is 0 Å². The summed E-state index contributed by atoms with van der Waals surface area (Å²) in [6.07, 6.45) is 1.23. The Morgan fingerprint density at radius 2 is 2.03 bits per heavy atom. The van der Waals surface area contributed by atoms with Gasteiger partial charge in [0.1, 0.15) is 17.6 Å². The van der Waals surface area contributed by atoms with Crippen LogP contribution in [0.3, 0.4) is 0 Å². The summed E-state index contributed by atoms with van der Waals surface area (Å²) in [5.41, 5.74) is 1.65. The molecule has 0 aromatic heterocycles. The van der Waals surface area contributed by atoms with Crippen LogP contribution in [-0.2, 0) is 16.2 Å². The summed E-state index contributed by atoms with van der Waals surface area (Å²) in [4.78, 5) is 22.5. The molecule has 2 N–H and O–H groups in total.